The molecule has 0 bridgehead atoms. The van der Waals surface area contributed by atoms with Gasteiger partial charge in [-0.1, -0.05) is 25.4 Å². The lowest BCUT2D eigenvalue weighted by Gasteiger charge is -2.25. The third kappa shape index (κ3) is 2.16. The topological polar surface area (TPSA) is 16.1 Å². The first kappa shape index (κ1) is 10.9. The quantitative estimate of drug-likeness (QED) is 0.729. The number of pyridine rings is 1. The molecule has 0 aliphatic carbocycles. The number of nitrogens with zero attached hydrogens (tertiary/aromatic N) is 2. The molecule has 1 aromatic heterocycles. The van der Waals surface area contributed by atoms with E-state index >= 15 is 0 Å². The van der Waals surface area contributed by atoms with Crippen molar-refractivity contribution in [3.05, 3.63) is 28.0 Å². The molecule has 0 spiro atoms. The van der Waals surface area contributed by atoms with Crippen LogP contribution in [0.25, 0.3) is 0 Å². The second-order valence-corrected chi connectivity index (χ2v) is 5.00. The highest BCUT2D eigenvalue weighted by atomic mass is 35.5. The fraction of sp³-hybridized carbons (Fsp3) is 0.583. The van der Waals surface area contributed by atoms with Gasteiger partial charge in [0.15, 0.2) is 0 Å². The van der Waals surface area contributed by atoms with Gasteiger partial charge in [-0.05, 0) is 31.0 Å². The molecule has 15 heavy (non-hydrogen) atoms. The average Bonchev–Trinajstić information content (AvgIpc) is 2.16. The Balaban J connectivity index is 2.44. The number of halogens is 1. The lowest BCUT2D eigenvalue weighted by Crippen LogP contribution is -2.28. The van der Waals surface area contributed by atoms with Crippen molar-refractivity contribution in [3.63, 3.8) is 0 Å². The first-order valence-electron chi connectivity index (χ1n) is 5.44. The van der Waals surface area contributed by atoms with E-state index in [4.69, 9.17) is 16.6 Å². The largest absolute Gasteiger partial charge is 0.300 e. The van der Waals surface area contributed by atoms with Crippen LogP contribution in [0.1, 0.15) is 36.7 Å². The Kier molecular flexibility index (Phi) is 2.98. The molecule has 1 aromatic rings. The summed E-state index contributed by atoms with van der Waals surface area (Å²) in [5.41, 5.74) is 3.52. The van der Waals surface area contributed by atoms with Gasteiger partial charge in [0, 0.05) is 23.8 Å². The normalized spacial score (nSPS) is 16.9. The van der Waals surface area contributed by atoms with Crippen LogP contribution in [-0.2, 0) is 13.0 Å². The van der Waals surface area contributed by atoms with E-state index in [2.05, 4.69) is 25.8 Å². The number of likely N-dealkylation sites (N-methyl/N-ethyl adjacent to an activating group) is 1. The molecule has 0 amide bonds. The molecule has 3 heteroatoms. The highest BCUT2D eigenvalue weighted by Crippen LogP contribution is 2.27. The van der Waals surface area contributed by atoms with E-state index in [1.165, 1.54) is 11.3 Å². The van der Waals surface area contributed by atoms with E-state index in [9.17, 15) is 0 Å². The standard InChI is InChI=1S/C12H17ClN2/c1-8(2)11-6-10(13)9-4-5-15(3)7-12(9)14-11/h6,8H,4-5,7H2,1-3H3. The second kappa shape index (κ2) is 4.11. The fourth-order valence-corrected chi connectivity index (χ4v) is 2.25. The van der Waals surface area contributed by atoms with Crippen molar-refractivity contribution in [1.82, 2.24) is 9.88 Å². The van der Waals surface area contributed by atoms with E-state index in [0.29, 0.717) is 5.92 Å². The molecule has 0 radical (unpaired) electrons. The summed E-state index contributed by atoms with van der Waals surface area (Å²) < 4.78 is 0. The fourth-order valence-electron chi connectivity index (χ4n) is 1.94. The monoisotopic (exact) mass is 224 g/mol. The van der Waals surface area contributed by atoms with Gasteiger partial charge in [-0.15, -0.1) is 0 Å². The highest BCUT2D eigenvalue weighted by Gasteiger charge is 2.18. The molecule has 0 fully saturated rings. The number of hydrogen-bond acceptors (Lipinski definition) is 2. The van der Waals surface area contributed by atoms with Gasteiger partial charge in [0.1, 0.15) is 0 Å². The molecular formula is C12H17ClN2. The lowest BCUT2D eigenvalue weighted by atomic mass is 10.0. The predicted molar refractivity (Wildman–Crippen MR) is 63.4 cm³/mol. The van der Waals surface area contributed by atoms with Crippen LogP contribution < -0.4 is 0 Å². The van der Waals surface area contributed by atoms with E-state index in [0.717, 1.165) is 30.2 Å². The second-order valence-electron chi connectivity index (χ2n) is 4.60. The molecule has 1 aliphatic heterocycles. The van der Waals surface area contributed by atoms with Crippen LogP contribution in [0.2, 0.25) is 5.02 Å². The summed E-state index contributed by atoms with van der Waals surface area (Å²) in [6, 6.07) is 2.02. The minimum Gasteiger partial charge on any atom is -0.300 e. The molecule has 0 N–H and O–H groups in total. The van der Waals surface area contributed by atoms with Crippen molar-refractivity contribution >= 4 is 11.6 Å². The van der Waals surface area contributed by atoms with E-state index in [-0.39, 0.29) is 0 Å². The maximum absolute atomic E-state index is 6.28. The van der Waals surface area contributed by atoms with Crippen LogP contribution in [-0.4, -0.2) is 23.5 Å². The molecule has 0 aromatic carbocycles. The Morgan fingerprint density at radius 3 is 2.87 bits per heavy atom. The van der Waals surface area contributed by atoms with Crippen molar-refractivity contribution in [2.45, 2.75) is 32.7 Å². The maximum atomic E-state index is 6.28. The van der Waals surface area contributed by atoms with Gasteiger partial charge < -0.3 is 4.90 Å². The Labute approximate surface area is 96.3 Å². The summed E-state index contributed by atoms with van der Waals surface area (Å²) in [5, 5.41) is 0.900. The Hall–Kier alpha value is -0.600. The summed E-state index contributed by atoms with van der Waals surface area (Å²) in [7, 11) is 2.13. The van der Waals surface area contributed by atoms with Crippen molar-refractivity contribution in [1.29, 1.82) is 0 Å². The summed E-state index contributed by atoms with van der Waals surface area (Å²) >= 11 is 6.28. The maximum Gasteiger partial charge on any atom is 0.0594 e. The predicted octanol–water partition coefficient (Wildman–Crippen LogP) is 2.85. The highest BCUT2D eigenvalue weighted by molar-refractivity contribution is 6.31. The molecule has 0 atom stereocenters. The molecule has 2 nitrogen and oxygen atoms in total. The summed E-state index contributed by atoms with van der Waals surface area (Å²) in [4.78, 5) is 6.99. The minimum atomic E-state index is 0.444. The zero-order valence-electron chi connectivity index (χ0n) is 9.55. The van der Waals surface area contributed by atoms with Gasteiger partial charge in [0.2, 0.25) is 0 Å². The summed E-state index contributed by atoms with van der Waals surface area (Å²) in [5.74, 6) is 0.444. The molecule has 2 rings (SSSR count). The summed E-state index contributed by atoms with van der Waals surface area (Å²) in [6.45, 7) is 6.31. The van der Waals surface area contributed by atoms with Gasteiger partial charge in [-0.2, -0.15) is 0 Å². The van der Waals surface area contributed by atoms with Crippen LogP contribution in [0.3, 0.4) is 0 Å². The van der Waals surface area contributed by atoms with Crippen LogP contribution >= 0.6 is 11.6 Å². The van der Waals surface area contributed by atoms with Crippen LogP contribution in [0.5, 0.6) is 0 Å². The Morgan fingerprint density at radius 2 is 2.20 bits per heavy atom. The lowest BCUT2D eigenvalue weighted by molar-refractivity contribution is 0.307. The molecule has 82 valence electrons. The molecule has 0 saturated heterocycles. The minimum absolute atomic E-state index is 0.444. The zero-order valence-corrected chi connectivity index (χ0v) is 10.3. The van der Waals surface area contributed by atoms with Crippen molar-refractivity contribution in [3.8, 4) is 0 Å². The van der Waals surface area contributed by atoms with Gasteiger partial charge in [-0.25, -0.2) is 0 Å². The van der Waals surface area contributed by atoms with E-state index < -0.39 is 0 Å². The van der Waals surface area contributed by atoms with Crippen LogP contribution in [0.15, 0.2) is 6.07 Å². The van der Waals surface area contributed by atoms with Crippen molar-refractivity contribution in [2.75, 3.05) is 13.6 Å². The molecule has 0 unspecified atom stereocenters. The zero-order chi connectivity index (χ0) is 11.0. The molecule has 2 heterocycles. The first-order valence-corrected chi connectivity index (χ1v) is 5.82. The van der Waals surface area contributed by atoms with Crippen molar-refractivity contribution < 1.29 is 0 Å². The number of rotatable bonds is 1. The van der Waals surface area contributed by atoms with Gasteiger partial charge in [0.05, 0.1) is 5.69 Å². The smallest absolute Gasteiger partial charge is 0.0594 e. The SMILES string of the molecule is CC(C)c1cc(Cl)c2c(n1)CN(C)CC2. The first-order chi connectivity index (χ1) is 7.08. The van der Waals surface area contributed by atoms with Gasteiger partial charge >= 0.3 is 0 Å². The number of hydrogen-bond donors (Lipinski definition) is 0. The van der Waals surface area contributed by atoms with Gasteiger partial charge in [-0.3, -0.25) is 4.98 Å². The third-order valence-electron chi connectivity index (χ3n) is 2.93. The average molecular weight is 225 g/mol. The Morgan fingerprint density at radius 1 is 1.47 bits per heavy atom. The van der Waals surface area contributed by atoms with Crippen molar-refractivity contribution in [2.24, 2.45) is 0 Å². The van der Waals surface area contributed by atoms with E-state index in [1.54, 1.807) is 0 Å². The number of aromatic nitrogens is 1. The molecule has 1 aliphatic rings. The van der Waals surface area contributed by atoms with Crippen LogP contribution in [0, 0.1) is 0 Å². The Bertz CT molecular complexity index is 374. The van der Waals surface area contributed by atoms with E-state index in [1.807, 2.05) is 6.07 Å². The van der Waals surface area contributed by atoms with Gasteiger partial charge in [0.25, 0.3) is 0 Å². The third-order valence-corrected chi connectivity index (χ3v) is 3.27. The van der Waals surface area contributed by atoms with Crippen LogP contribution in [0.4, 0.5) is 0 Å². The molecular weight excluding hydrogens is 208 g/mol. The summed E-state index contributed by atoms with van der Waals surface area (Å²) in [6.07, 6.45) is 1.02. The molecule has 0 saturated carbocycles. The number of fused-ring (bicyclic) bond motifs is 1.